The minimum absolute atomic E-state index is 0.106. The molecule has 1 saturated carbocycles. The number of nitrogens with zero attached hydrogens (tertiary/aromatic N) is 1. The normalized spacial score (nSPS) is 32.3. The fourth-order valence-electron chi connectivity index (χ4n) is 7.78. The molecular weight excluding hydrogens is 600 g/mol. The lowest BCUT2D eigenvalue weighted by Crippen LogP contribution is -2.49. The molecule has 0 unspecified atom stereocenters. The van der Waals surface area contributed by atoms with E-state index in [1.807, 2.05) is 25.1 Å². The molecule has 10 heteroatoms. The summed E-state index contributed by atoms with van der Waals surface area (Å²) in [4.78, 5) is 15.9. The number of halogens is 1. The number of nitrogens with one attached hydrogen (secondary N) is 1. The van der Waals surface area contributed by atoms with E-state index in [0.29, 0.717) is 31.9 Å². The van der Waals surface area contributed by atoms with Gasteiger partial charge in [-0.1, -0.05) is 36.7 Å². The topological polar surface area (TPSA) is 105 Å². The number of aliphatic hydroxyl groups is 1. The van der Waals surface area contributed by atoms with Gasteiger partial charge in [-0.15, -0.1) is 0 Å². The minimum atomic E-state index is -4.02. The van der Waals surface area contributed by atoms with E-state index in [0.717, 1.165) is 42.8 Å². The molecule has 2 aromatic rings. The highest BCUT2D eigenvalue weighted by Crippen LogP contribution is 2.46. The van der Waals surface area contributed by atoms with Crippen LogP contribution in [0.15, 0.2) is 48.6 Å². The van der Waals surface area contributed by atoms with Gasteiger partial charge in [0.2, 0.25) is 10.0 Å². The Hall–Kier alpha value is -2.59. The SMILES string of the molecule is COCC[C@H]1[C@@H](C)C/C=C\[C@@H](O)[C@@H]2CC[C@H]2CN2C[C@@]3(CCCc4cc(Cl)ccc43)COc3ccc(cc32)C(=O)NS1(=O)=O. The van der Waals surface area contributed by atoms with Gasteiger partial charge >= 0.3 is 0 Å². The van der Waals surface area contributed by atoms with Gasteiger partial charge in [-0.25, -0.2) is 13.1 Å². The Morgan fingerprint density at radius 3 is 2.82 bits per heavy atom. The Balaban J connectivity index is 1.41. The Kier molecular flexibility index (Phi) is 9.03. The first-order valence-corrected chi connectivity index (χ1v) is 17.7. The largest absolute Gasteiger partial charge is 0.490 e. The highest BCUT2D eigenvalue weighted by molar-refractivity contribution is 7.90. The average molecular weight is 643 g/mol. The zero-order chi connectivity index (χ0) is 31.1. The molecule has 1 amide bonds. The van der Waals surface area contributed by atoms with E-state index < -0.39 is 27.3 Å². The first-order chi connectivity index (χ1) is 21.1. The van der Waals surface area contributed by atoms with Crippen LogP contribution in [0.2, 0.25) is 5.02 Å². The van der Waals surface area contributed by atoms with Crippen molar-refractivity contribution in [2.45, 2.75) is 68.6 Å². The minimum Gasteiger partial charge on any atom is -0.490 e. The molecule has 1 spiro atoms. The number of aliphatic hydroxyl groups excluding tert-OH is 1. The van der Waals surface area contributed by atoms with Crippen molar-refractivity contribution in [3.8, 4) is 5.75 Å². The number of sulfonamides is 1. The fourth-order valence-corrected chi connectivity index (χ4v) is 9.63. The van der Waals surface area contributed by atoms with E-state index >= 15 is 0 Å². The molecule has 2 aliphatic heterocycles. The van der Waals surface area contributed by atoms with Crippen molar-refractivity contribution in [3.63, 3.8) is 0 Å². The summed E-state index contributed by atoms with van der Waals surface area (Å²) in [6, 6.07) is 11.4. The maximum absolute atomic E-state index is 13.6. The number of benzene rings is 2. The van der Waals surface area contributed by atoms with Crippen LogP contribution in [0.1, 0.15) is 66.9 Å². The van der Waals surface area contributed by atoms with Crippen LogP contribution in [0, 0.1) is 17.8 Å². The number of allylic oxidation sites excluding steroid dienone is 1. The number of rotatable bonds is 3. The third kappa shape index (κ3) is 6.13. The molecule has 44 heavy (non-hydrogen) atoms. The average Bonchev–Trinajstić information content (AvgIpc) is 3.11. The standard InChI is InChI=1S/C34H43ClN2O6S/c1-22-5-3-7-30(38)27-11-8-25(27)19-37-20-34(15-4-6-23-17-26(35)10-12-28(23)34)21-43-31-13-9-24(18-29(31)37)33(39)36-44(40,41)32(22)14-16-42-2/h3,7,9-10,12-13,17-18,22,25,27,30,32,38H,4-6,8,11,14-16,19-21H2,1-2H3,(H,36,39)/b7-3-/t22-,25-,27+,30+,32-,34-/m0/s1. The van der Waals surface area contributed by atoms with Gasteiger partial charge in [-0.3, -0.25) is 4.79 Å². The van der Waals surface area contributed by atoms with E-state index in [1.165, 1.54) is 18.2 Å². The zero-order valence-electron chi connectivity index (χ0n) is 25.5. The van der Waals surface area contributed by atoms with E-state index in [2.05, 4.69) is 21.8 Å². The molecule has 2 N–H and O–H groups in total. The molecule has 1 fully saturated rings. The number of amides is 1. The van der Waals surface area contributed by atoms with Crippen molar-refractivity contribution in [1.82, 2.24) is 4.72 Å². The Morgan fingerprint density at radius 2 is 2.05 bits per heavy atom. The molecule has 2 bridgehead atoms. The molecule has 2 aromatic carbocycles. The quantitative estimate of drug-likeness (QED) is 0.440. The number of carbonyl (C=O) groups excluding carboxylic acids is 1. The second-order valence-electron chi connectivity index (χ2n) is 13.2. The lowest BCUT2D eigenvalue weighted by molar-refractivity contribution is 0.0455. The van der Waals surface area contributed by atoms with Gasteiger partial charge in [-0.05, 0) is 104 Å². The Morgan fingerprint density at radius 1 is 1.20 bits per heavy atom. The summed E-state index contributed by atoms with van der Waals surface area (Å²) in [6.45, 7) is 3.99. The lowest BCUT2D eigenvalue weighted by Gasteiger charge is -2.45. The summed E-state index contributed by atoms with van der Waals surface area (Å²) in [6.07, 6.45) is 8.72. The number of methoxy groups -OCH3 is 1. The first kappa shape index (κ1) is 31.4. The lowest BCUT2D eigenvalue weighted by atomic mass is 9.68. The van der Waals surface area contributed by atoms with Gasteiger partial charge in [0, 0.05) is 42.8 Å². The molecule has 4 aliphatic rings. The number of anilines is 1. The second-order valence-corrected chi connectivity index (χ2v) is 15.6. The van der Waals surface area contributed by atoms with Gasteiger partial charge in [0.15, 0.2) is 0 Å². The number of ether oxygens (including phenoxy) is 2. The van der Waals surface area contributed by atoms with E-state index in [-0.39, 0.29) is 41.8 Å². The number of carbonyl (C=O) groups is 1. The summed E-state index contributed by atoms with van der Waals surface area (Å²) >= 11 is 6.40. The van der Waals surface area contributed by atoms with Crippen molar-refractivity contribution in [2.75, 3.05) is 38.3 Å². The number of fused-ring (bicyclic) bond motifs is 4. The van der Waals surface area contributed by atoms with Crippen LogP contribution in [0.4, 0.5) is 5.69 Å². The predicted octanol–water partition coefficient (Wildman–Crippen LogP) is 5.26. The van der Waals surface area contributed by atoms with E-state index in [4.69, 9.17) is 21.1 Å². The van der Waals surface area contributed by atoms with Crippen LogP contribution in [0.3, 0.4) is 0 Å². The van der Waals surface area contributed by atoms with E-state index in [1.54, 1.807) is 18.2 Å². The summed E-state index contributed by atoms with van der Waals surface area (Å²) in [5.74, 6) is 0.105. The highest BCUT2D eigenvalue weighted by atomic mass is 35.5. The Labute approximate surface area is 265 Å². The number of aryl methyl sites for hydroxylation is 1. The summed E-state index contributed by atoms with van der Waals surface area (Å²) < 4.78 is 41.3. The summed E-state index contributed by atoms with van der Waals surface area (Å²) in [5.41, 5.74) is 3.27. The van der Waals surface area contributed by atoms with Crippen LogP contribution in [0.5, 0.6) is 5.75 Å². The molecule has 2 aliphatic carbocycles. The molecule has 0 radical (unpaired) electrons. The van der Waals surface area contributed by atoms with Gasteiger partial charge in [0.05, 0.1) is 23.6 Å². The molecule has 6 atom stereocenters. The monoisotopic (exact) mass is 642 g/mol. The summed E-state index contributed by atoms with van der Waals surface area (Å²) in [5, 5.41) is 11.1. The molecule has 0 saturated heterocycles. The van der Waals surface area contributed by atoms with Gasteiger partial charge in [0.1, 0.15) is 5.75 Å². The molecule has 238 valence electrons. The Bertz CT molecular complexity index is 1530. The first-order valence-electron chi connectivity index (χ1n) is 15.8. The number of hydrogen-bond acceptors (Lipinski definition) is 7. The second kappa shape index (κ2) is 12.7. The zero-order valence-corrected chi connectivity index (χ0v) is 27.1. The van der Waals surface area contributed by atoms with E-state index in [9.17, 15) is 18.3 Å². The van der Waals surface area contributed by atoms with Crippen LogP contribution in [0.25, 0.3) is 0 Å². The van der Waals surface area contributed by atoms with Crippen LogP contribution in [-0.2, 0) is 26.6 Å². The third-order valence-corrected chi connectivity index (χ3v) is 12.6. The van der Waals surface area contributed by atoms with Crippen molar-refractivity contribution >= 4 is 33.2 Å². The maximum atomic E-state index is 13.6. The van der Waals surface area contributed by atoms with Gasteiger partial charge < -0.3 is 19.5 Å². The molecule has 6 rings (SSSR count). The smallest absolute Gasteiger partial charge is 0.264 e. The van der Waals surface area contributed by atoms with Gasteiger partial charge in [-0.2, -0.15) is 0 Å². The van der Waals surface area contributed by atoms with Gasteiger partial charge in [0.25, 0.3) is 5.91 Å². The van der Waals surface area contributed by atoms with Crippen molar-refractivity contribution in [2.24, 2.45) is 17.8 Å². The molecule has 0 aromatic heterocycles. The van der Waals surface area contributed by atoms with Crippen molar-refractivity contribution in [1.29, 1.82) is 0 Å². The van der Waals surface area contributed by atoms with Crippen molar-refractivity contribution < 1.29 is 27.8 Å². The molecule has 8 nitrogen and oxygen atoms in total. The van der Waals surface area contributed by atoms with Crippen LogP contribution < -0.4 is 14.4 Å². The maximum Gasteiger partial charge on any atom is 0.264 e. The molecular formula is C34H43ClN2O6S. The third-order valence-electron chi connectivity index (χ3n) is 10.4. The number of hydrogen-bond donors (Lipinski definition) is 2. The highest BCUT2D eigenvalue weighted by Gasteiger charge is 2.44. The van der Waals surface area contributed by atoms with Crippen LogP contribution in [-0.4, -0.2) is 64.2 Å². The van der Waals surface area contributed by atoms with Crippen LogP contribution >= 0.6 is 11.6 Å². The molecule has 2 heterocycles. The summed E-state index contributed by atoms with van der Waals surface area (Å²) in [7, 11) is -2.49. The predicted molar refractivity (Wildman–Crippen MR) is 172 cm³/mol. The fraction of sp³-hybridized carbons (Fsp3) is 0.559. The van der Waals surface area contributed by atoms with Crippen molar-refractivity contribution in [3.05, 3.63) is 70.3 Å².